The summed E-state index contributed by atoms with van der Waals surface area (Å²) in [6, 6.07) is 14.1. The maximum Gasteiger partial charge on any atom is 0.232 e. The lowest BCUT2D eigenvalue weighted by molar-refractivity contribution is -0.141. The van der Waals surface area contributed by atoms with E-state index < -0.39 is 6.10 Å². The average molecular weight is 311 g/mol. The van der Waals surface area contributed by atoms with E-state index in [1.807, 2.05) is 42.5 Å². The molecule has 4 heteroatoms. The van der Waals surface area contributed by atoms with Crippen molar-refractivity contribution in [1.82, 2.24) is 4.90 Å². The number of imide groups is 1. The number of benzene rings is 2. The largest absolute Gasteiger partial charge is 0.391 e. The quantitative estimate of drug-likeness (QED) is 0.882. The second kappa shape index (κ2) is 6.13. The third-order valence-electron chi connectivity index (χ3n) is 4.74. The van der Waals surface area contributed by atoms with Gasteiger partial charge in [0.05, 0.1) is 12.6 Å². The highest BCUT2D eigenvalue weighted by Gasteiger charge is 2.42. The summed E-state index contributed by atoms with van der Waals surface area (Å²) in [5.74, 6) is -0.953. The zero-order valence-electron chi connectivity index (χ0n) is 13.4. The number of aliphatic hydroxyl groups excluding tert-OH is 1. The fraction of sp³-hybridized carbons (Fsp3) is 0.368. The van der Waals surface area contributed by atoms with Gasteiger partial charge in [-0.15, -0.1) is 0 Å². The lowest BCUT2D eigenvalue weighted by Crippen LogP contribution is -2.38. The number of fused-ring (bicyclic) bond motifs is 1. The Hall–Kier alpha value is -2.20. The molecule has 0 aromatic heterocycles. The summed E-state index contributed by atoms with van der Waals surface area (Å²) in [5.41, 5.74) is 0.997. The molecule has 0 aliphatic carbocycles. The zero-order chi connectivity index (χ0) is 16.6. The Balaban J connectivity index is 1.70. The Morgan fingerprint density at radius 3 is 2.26 bits per heavy atom. The molecule has 23 heavy (non-hydrogen) atoms. The molecular weight excluding hydrogens is 290 g/mol. The number of likely N-dealkylation sites (tertiary alicyclic amines) is 1. The van der Waals surface area contributed by atoms with Crippen molar-refractivity contribution >= 4 is 22.6 Å². The Morgan fingerprint density at radius 1 is 1.00 bits per heavy atom. The molecule has 0 bridgehead atoms. The highest BCUT2D eigenvalue weighted by Crippen LogP contribution is 2.26. The molecule has 1 heterocycles. The van der Waals surface area contributed by atoms with E-state index in [1.54, 1.807) is 13.8 Å². The first kappa shape index (κ1) is 15.7. The number of carbonyl (C=O) groups excluding carboxylic acids is 2. The molecule has 0 radical (unpaired) electrons. The molecule has 2 amide bonds. The van der Waals surface area contributed by atoms with Crippen LogP contribution in [0.2, 0.25) is 0 Å². The molecule has 3 rings (SSSR count). The smallest absolute Gasteiger partial charge is 0.232 e. The lowest BCUT2D eigenvalue weighted by atomic mass is 10.00. The van der Waals surface area contributed by atoms with E-state index in [-0.39, 0.29) is 30.2 Å². The Kier molecular flexibility index (Phi) is 4.18. The zero-order valence-corrected chi connectivity index (χ0v) is 13.4. The van der Waals surface area contributed by atoms with Crippen LogP contribution in [0.3, 0.4) is 0 Å². The topological polar surface area (TPSA) is 57.6 Å². The molecule has 1 aliphatic heterocycles. The molecule has 2 aromatic rings. The summed E-state index contributed by atoms with van der Waals surface area (Å²) in [6.07, 6.45) is -0.327. The molecule has 1 N–H and O–H groups in total. The molecule has 0 saturated carbocycles. The van der Waals surface area contributed by atoms with Crippen molar-refractivity contribution < 1.29 is 14.7 Å². The minimum absolute atomic E-state index is 0.0686. The van der Waals surface area contributed by atoms with E-state index in [9.17, 15) is 14.7 Å². The highest BCUT2D eigenvalue weighted by molar-refractivity contribution is 6.04. The number of hydrogen-bond acceptors (Lipinski definition) is 3. The molecule has 0 unspecified atom stereocenters. The minimum Gasteiger partial charge on any atom is -0.391 e. The number of nitrogens with zero attached hydrogens (tertiary/aromatic N) is 1. The molecule has 2 aromatic carbocycles. The number of rotatable bonds is 4. The molecule has 3 atom stereocenters. The van der Waals surface area contributed by atoms with Crippen LogP contribution in [0.15, 0.2) is 42.5 Å². The summed E-state index contributed by atoms with van der Waals surface area (Å²) in [6.45, 7) is 3.60. The first-order valence-electron chi connectivity index (χ1n) is 7.98. The second-order valence-corrected chi connectivity index (χ2v) is 6.40. The van der Waals surface area contributed by atoms with Crippen LogP contribution in [0.25, 0.3) is 10.8 Å². The number of carbonyl (C=O) groups is 2. The van der Waals surface area contributed by atoms with Crippen molar-refractivity contribution in [3.8, 4) is 0 Å². The predicted octanol–water partition coefficient (Wildman–Crippen LogP) is 2.38. The number of aliphatic hydroxyl groups is 1. The first-order valence-corrected chi connectivity index (χ1v) is 7.98. The third kappa shape index (κ3) is 2.99. The van der Waals surface area contributed by atoms with Crippen molar-refractivity contribution in [2.24, 2.45) is 11.8 Å². The van der Waals surface area contributed by atoms with Crippen molar-refractivity contribution in [3.63, 3.8) is 0 Å². The Morgan fingerprint density at radius 2 is 1.61 bits per heavy atom. The normalized spacial score (nSPS) is 22.8. The third-order valence-corrected chi connectivity index (χ3v) is 4.74. The second-order valence-electron chi connectivity index (χ2n) is 6.40. The van der Waals surface area contributed by atoms with Crippen LogP contribution < -0.4 is 0 Å². The molecule has 1 fully saturated rings. The summed E-state index contributed by atoms with van der Waals surface area (Å²) in [7, 11) is 0. The number of β-amino-alcohol motifs (C(OH)–C–C–N with tert-alkyl or cyclic N) is 1. The van der Waals surface area contributed by atoms with Crippen LogP contribution in [0.5, 0.6) is 0 Å². The van der Waals surface area contributed by atoms with Crippen LogP contribution in [-0.2, 0) is 16.0 Å². The van der Waals surface area contributed by atoms with Gasteiger partial charge in [0.1, 0.15) is 0 Å². The van der Waals surface area contributed by atoms with E-state index in [0.29, 0.717) is 6.42 Å². The maximum atomic E-state index is 12.1. The van der Waals surface area contributed by atoms with E-state index in [2.05, 4.69) is 0 Å². The van der Waals surface area contributed by atoms with Crippen molar-refractivity contribution in [2.45, 2.75) is 26.4 Å². The summed E-state index contributed by atoms with van der Waals surface area (Å²) in [4.78, 5) is 25.4. The summed E-state index contributed by atoms with van der Waals surface area (Å²) >= 11 is 0. The van der Waals surface area contributed by atoms with Crippen molar-refractivity contribution in [2.75, 3.05) is 6.54 Å². The van der Waals surface area contributed by atoms with Crippen LogP contribution in [-0.4, -0.2) is 34.5 Å². The number of amides is 2. The minimum atomic E-state index is -0.749. The van der Waals surface area contributed by atoms with E-state index >= 15 is 0 Å². The average Bonchev–Trinajstić information content (AvgIpc) is 2.72. The molecule has 0 spiro atoms. The number of hydrogen-bond donors (Lipinski definition) is 1. The Labute approximate surface area is 135 Å². The van der Waals surface area contributed by atoms with E-state index in [4.69, 9.17) is 0 Å². The van der Waals surface area contributed by atoms with Crippen LogP contribution in [0.4, 0.5) is 0 Å². The highest BCUT2D eigenvalue weighted by atomic mass is 16.3. The standard InChI is InChI=1S/C19H21NO3/c1-12-13(2)19(23)20(18(12)22)11-17(21)10-14-7-8-15-5-3-4-6-16(15)9-14/h3-9,12-13,17,21H,10-11H2,1-2H3/t12-,13+,17-/m0/s1. The fourth-order valence-corrected chi connectivity index (χ4v) is 3.12. The van der Waals surface area contributed by atoms with Gasteiger partial charge in [0.25, 0.3) is 0 Å². The molecule has 1 saturated heterocycles. The summed E-state index contributed by atoms with van der Waals surface area (Å²) in [5, 5.41) is 12.6. The first-order chi connectivity index (χ1) is 11.0. The molecular formula is C19H21NO3. The molecule has 4 nitrogen and oxygen atoms in total. The SMILES string of the molecule is C[C@@H]1C(=O)N(C[C@@H](O)Cc2ccc3ccccc3c2)C(=O)[C@@H]1C. The Bertz CT molecular complexity index is 735. The van der Waals surface area contributed by atoms with Gasteiger partial charge in [-0.05, 0) is 16.3 Å². The molecule has 1 aliphatic rings. The van der Waals surface area contributed by atoms with Crippen LogP contribution >= 0.6 is 0 Å². The van der Waals surface area contributed by atoms with Gasteiger partial charge in [-0.2, -0.15) is 0 Å². The van der Waals surface area contributed by atoms with Gasteiger partial charge < -0.3 is 5.11 Å². The molecule has 120 valence electrons. The van der Waals surface area contributed by atoms with Crippen molar-refractivity contribution in [1.29, 1.82) is 0 Å². The van der Waals surface area contributed by atoms with Gasteiger partial charge in [-0.3, -0.25) is 14.5 Å². The van der Waals surface area contributed by atoms with E-state index in [0.717, 1.165) is 16.3 Å². The predicted molar refractivity (Wildman–Crippen MR) is 88.7 cm³/mol. The van der Waals surface area contributed by atoms with Gasteiger partial charge in [0.15, 0.2) is 0 Å². The monoisotopic (exact) mass is 311 g/mol. The lowest BCUT2D eigenvalue weighted by Gasteiger charge is -2.19. The van der Waals surface area contributed by atoms with Gasteiger partial charge in [0, 0.05) is 18.3 Å². The van der Waals surface area contributed by atoms with E-state index in [1.165, 1.54) is 4.90 Å². The fourth-order valence-electron chi connectivity index (χ4n) is 3.12. The summed E-state index contributed by atoms with van der Waals surface area (Å²) < 4.78 is 0. The maximum absolute atomic E-state index is 12.1. The van der Waals surface area contributed by atoms with Crippen LogP contribution in [0, 0.1) is 11.8 Å². The van der Waals surface area contributed by atoms with Crippen LogP contribution in [0.1, 0.15) is 19.4 Å². The van der Waals surface area contributed by atoms with Gasteiger partial charge in [0.2, 0.25) is 11.8 Å². The van der Waals surface area contributed by atoms with Gasteiger partial charge >= 0.3 is 0 Å². The van der Waals surface area contributed by atoms with Gasteiger partial charge in [-0.25, -0.2) is 0 Å². The van der Waals surface area contributed by atoms with Crippen molar-refractivity contribution in [3.05, 3.63) is 48.0 Å². The van der Waals surface area contributed by atoms with Gasteiger partial charge in [-0.1, -0.05) is 56.3 Å².